The van der Waals surface area contributed by atoms with Crippen molar-refractivity contribution in [2.24, 2.45) is 5.73 Å². The summed E-state index contributed by atoms with van der Waals surface area (Å²) < 4.78 is 0. The van der Waals surface area contributed by atoms with Gasteiger partial charge in [-0.15, -0.1) is 0 Å². The highest BCUT2D eigenvalue weighted by Gasteiger charge is 2.27. The number of hydrogen-bond acceptors (Lipinski definition) is 4. The zero-order chi connectivity index (χ0) is 21.8. The molecule has 3 aromatic rings. The number of benzene rings is 3. The number of amides is 1. The minimum absolute atomic E-state index is 0.133. The van der Waals surface area contributed by atoms with Crippen LogP contribution in [0.4, 0.5) is 5.69 Å². The lowest BCUT2D eigenvalue weighted by Crippen LogP contribution is -2.48. The Balaban J connectivity index is 1.57. The molecule has 1 atom stereocenters. The molecule has 1 aliphatic rings. The van der Waals surface area contributed by atoms with Crippen molar-refractivity contribution >= 4 is 23.2 Å². The maximum absolute atomic E-state index is 11.4. The predicted molar refractivity (Wildman–Crippen MR) is 123 cm³/mol. The second-order valence-electron chi connectivity index (χ2n) is 7.60. The summed E-state index contributed by atoms with van der Waals surface area (Å²) in [6, 6.07) is 25.9. The van der Waals surface area contributed by atoms with Crippen LogP contribution in [-0.4, -0.2) is 37.0 Å². The maximum Gasteiger partial charge on any atom is 0.248 e. The Morgan fingerprint density at radius 3 is 2.19 bits per heavy atom. The molecule has 31 heavy (non-hydrogen) atoms. The third-order valence-electron chi connectivity index (χ3n) is 5.72. The Labute approximate surface area is 187 Å². The fraction of sp³-hybridized carbons (Fsp3) is 0.200. The summed E-state index contributed by atoms with van der Waals surface area (Å²) in [5.41, 5.74) is 9.47. The van der Waals surface area contributed by atoms with Gasteiger partial charge in [-0.25, -0.2) is 0 Å². The van der Waals surface area contributed by atoms with Gasteiger partial charge >= 0.3 is 0 Å². The van der Waals surface area contributed by atoms with Gasteiger partial charge in [0.1, 0.15) is 6.07 Å². The van der Waals surface area contributed by atoms with Crippen LogP contribution in [0.25, 0.3) is 0 Å². The average Bonchev–Trinajstić information content (AvgIpc) is 2.81. The van der Waals surface area contributed by atoms with E-state index in [1.54, 1.807) is 12.1 Å². The monoisotopic (exact) mass is 430 g/mol. The molecular formula is C25H23ClN4O. The molecule has 156 valence electrons. The van der Waals surface area contributed by atoms with Crippen LogP contribution in [0.5, 0.6) is 0 Å². The number of nitriles is 1. The highest BCUT2D eigenvalue weighted by molar-refractivity contribution is 6.30. The van der Waals surface area contributed by atoms with Crippen molar-refractivity contribution in [2.45, 2.75) is 6.04 Å². The number of halogens is 1. The first-order valence-corrected chi connectivity index (χ1v) is 10.6. The van der Waals surface area contributed by atoms with Gasteiger partial charge in [0, 0.05) is 36.8 Å². The molecule has 0 aromatic heterocycles. The summed E-state index contributed by atoms with van der Waals surface area (Å²) in [5.74, 6) is -0.526. The normalized spacial score (nSPS) is 15.3. The molecule has 0 radical (unpaired) electrons. The summed E-state index contributed by atoms with van der Waals surface area (Å²) in [7, 11) is 0. The van der Waals surface area contributed by atoms with E-state index in [-0.39, 0.29) is 6.04 Å². The SMILES string of the molecule is N#Cc1cc(C(N)=O)ccc1N1CCN(C(c2ccccc2)c2ccc(Cl)cc2)CC1. The second kappa shape index (κ2) is 9.22. The van der Waals surface area contributed by atoms with Crippen molar-refractivity contribution in [3.8, 4) is 6.07 Å². The van der Waals surface area contributed by atoms with E-state index in [9.17, 15) is 10.1 Å². The van der Waals surface area contributed by atoms with Gasteiger partial charge in [0.05, 0.1) is 17.3 Å². The molecule has 3 aromatic carbocycles. The number of carbonyl (C=O) groups excluding carboxylic acids is 1. The molecule has 1 fully saturated rings. The molecule has 0 bridgehead atoms. The first-order chi connectivity index (χ1) is 15.1. The van der Waals surface area contributed by atoms with Gasteiger partial charge in [-0.3, -0.25) is 9.69 Å². The number of rotatable bonds is 5. The zero-order valence-electron chi connectivity index (χ0n) is 17.0. The molecule has 1 amide bonds. The van der Waals surface area contributed by atoms with Crippen LogP contribution in [0.1, 0.15) is 33.1 Å². The minimum Gasteiger partial charge on any atom is -0.368 e. The van der Waals surface area contributed by atoms with Crippen LogP contribution < -0.4 is 10.6 Å². The molecule has 2 N–H and O–H groups in total. The van der Waals surface area contributed by atoms with Crippen LogP contribution in [0.15, 0.2) is 72.8 Å². The zero-order valence-corrected chi connectivity index (χ0v) is 17.8. The van der Waals surface area contributed by atoms with E-state index in [0.717, 1.165) is 36.9 Å². The molecular weight excluding hydrogens is 408 g/mol. The Morgan fingerprint density at radius 1 is 0.935 bits per heavy atom. The van der Waals surface area contributed by atoms with Crippen LogP contribution in [-0.2, 0) is 0 Å². The summed E-state index contributed by atoms with van der Waals surface area (Å²) in [5, 5.41) is 10.3. The summed E-state index contributed by atoms with van der Waals surface area (Å²) >= 11 is 6.12. The second-order valence-corrected chi connectivity index (χ2v) is 8.03. The van der Waals surface area contributed by atoms with E-state index >= 15 is 0 Å². The first-order valence-electron chi connectivity index (χ1n) is 10.2. The summed E-state index contributed by atoms with van der Waals surface area (Å²) in [4.78, 5) is 16.1. The summed E-state index contributed by atoms with van der Waals surface area (Å²) in [6.07, 6.45) is 0. The Bertz CT molecular complexity index is 1100. The minimum atomic E-state index is -0.526. The molecule has 6 heteroatoms. The molecule has 1 unspecified atom stereocenters. The van der Waals surface area contributed by atoms with Gasteiger partial charge in [0.15, 0.2) is 0 Å². The van der Waals surface area contributed by atoms with Crippen molar-refractivity contribution in [2.75, 3.05) is 31.1 Å². The third-order valence-corrected chi connectivity index (χ3v) is 5.97. The number of hydrogen-bond donors (Lipinski definition) is 1. The quantitative estimate of drug-likeness (QED) is 0.657. The Kier molecular flexibility index (Phi) is 6.22. The van der Waals surface area contributed by atoms with Crippen LogP contribution in [0, 0.1) is 11.3 Å². The highest BCUT2D eigenvalue weighted by Crippen LogP contribution is 2.32. The maximum atomic E-state index is 11.4. The van der Waals surface area contributed by atoms with E-state index in [0.29, 0.717) is 11.1 Å². The Morgan fingerprint density at radius 2 is 1.58 bits per heavy atom. The lowest BCUT2D eigenvalue weighted by Gasteiger charge is -2.41. The fourth-order valence-electron chi connectivity index (χ4n) is 4.17. The van der Waals surface area contributed by atoms with Gasteiger partial charge in [-0.05, 0) is 41.5 Å². The molecule has 0 aliphatic carbocycles. The number of piperazine rings is 1. The largest absolute Gasteiger partial charge is 0.368 e. The molecule has 4 rings (SSSR count). The van der Waals surface area contributed by atoms with Gasteiger partial charge in [0.25, 0.3) is 0 Å². The van der Waals surface area contributed by atoms with Crippen LogP contribution in [0.2, 0.25) is 5.02 Å². The lowest BCUT2D eigenvalue weighted by atomic mass is 9.96. The van der Waals surface area contributed by atoms with E-state index < -0.39 is 5.91 Å². The average molecular weight is 431 g/mol. The van der Waals surface area contributed by atoms with Crippen molar-refractivity contribution < 1.29 is 4.79 Å². The number of anilines is 1. The van der Waals surface area contributed by atoms with Crippen molar-refractivity contribution in [1.82, 2.24) is 4.90 Å². The fourth-order valence-corrected chi connectivity index (χ4v) is 4.30. The number of primary amides is 1. The lowest BCUT2D eigenvalue weighted by molar-refractivity contribution is 0.100. The van der Waals surface area contributed by atoms with Crippen molar-refractivity contribution in [1.29, 1.82) is 5.26 Å². The van der Waals surface area contributed by atoms with E-state index in [1.165, 1.54) is 11.1 Å². The highest BCUT2D eigenvalue weighted by atomic mass is 35.5. The number of carbonyl (C=O) groups is 1. The third kappa shape index (κ3) is 4.56. The molecule has 0 spiro atoms. The molecule has 1 saturated heterocycles. The van der Waals surface area contributed by atoms with Crippen LogP contribution >= 0.6 is 11.6 Å². The van der Waals surface area contributed by atoms with Crippen molar-refractivity contribution in [3.05, 3.63) is 100 Å². The van der Waals surface area contributed by atoms with E-state index in [2.05, 4.69) is 52.3 Å². The van der Waals surface area contributed by atoms with Gasteiger partial charge < -0.3 is 10.6 Å². The molecule has 0 saturated carbocycles. The Hall–Kier alpha value is -3.33. The van der Waals surface area contributed by atoms with Crippen LogP contribution in [0.3, 0.4) is 0 Å². The van der Waals surface area contributed by atoms with E-state index in [1.807, 2.05) is 24.3 Å². The predicted octanol–water partition coefficient (Wildman–Crippen LogP) is 4.22. The van der Waals surface area contributed by atoms with Gasteiger partial charge in [0.2, 0.25) is 5.91 Å². The summed E-state index contributed by atoms with van der Waals surface area (Å²) in [6.45, 7) is 3.23. The molecule has 1 heterocycles. The first kappa shape index (κ1) is 20.9. The van der Waals surface area contributed by atoms with Gasteiger partial charge in [-0.1, -0.05) is 54.1 Å². The van der Waals surface area contributed by atoms with E-state index in [4.69, 9.17) is 17.3 Å². The topological polar surface area (TPSA) is 73.4 Å². The molecule has 1 aliphatic heterocycles. The molecule has 5 nitrogen and oxygen atoms in total. The standard InChI is InChI=1S/C25H23ClN4O/c26-22-9-6-19(7-10-22)24(18-4-2-1-3-5-18)30-14-12-29(13-15-30)23-11-8-20(25(28)31)16-21(23)17-27/h1-11,16,24H,12-15H2,(H2,28,31). The number of nitrogens with zero attached hydrogens (tertiary/aromatic N) is 3. The smallest absolute Gasteiger partial charge is 0.248 e. The van der Waals surface area contributed by atoms with Gasteiger partial charge in [-0.2, -0.15) is 5.26 Å². The number of nitrogens with two attached hydrogens (primary N) is 1. The van der Waals surface area contributed by atoms with Crippen molar-refractivity contribution in [3.63, 3.8) is 0 Å².